The number of amides is 1. The lowest BCUT2D eigenvalue weighted by molar-refractivity contribution is 0.102. The summed E-state index contributed by atoms with van der Waals surface area (Å²) in [6.07, 6.45) is 0. The highest BCUT2D eigenvalue weighted by Gasteiger charge is 2.22. The van der Waals surface area contributed by atoms with Crippen LogP contribution in [0.5, 0.6) is 11.5 Å². The van der Waals surface area contributed by atoms with E-state index in [-0.39, 0.29) is 22.4 Å². The van der Waals surface area contributed by atoms with Crippen LogP contribution < -0.4 is 20.2 Å². The van der Waals surface area contributed by atoms with Crippen LogP contribution >= 0.6 is 0 Å². The van der Waals surface area contributed by atoms with E-state index >= 15 is 0 Å². The Hall–Kier alpha value is -4.13. The lowest BCUT2D eigenvalue weighted by Gasteiger charge is -2.14. The average Bonchev–Trinajstić information content (AvgIpc) is 2.80. The molecule has 0 radical (unpaired) electrons. The summed E-state index contributed by atoms with van der Waals surface area (Å²) in [7, 11) is 2.99. The lowest BCUT2D eigenvalue weighted by Crippen LogP contribution is -2.17. The van der Waals surface area contributed by atoms with Gasteiger partial charge in [0, 0.05) is 0 Å². The van der Waals surface area contributed by atoms with Crippen LogP contribution in [0.3, 0.4) is 0 Å². The summed E-state index contributed by atoms with van der Waals surface area (Å²) in [5.41, 5.74) is 1.12. The highest BCUT2D eigenvalue weighted by atomic mass is 19.1. The van der Waals surface area contributed by atoms with E-state index in [2.05, 4.69) is 5.32 Å². The molecule has 0 saturated carbocycles. The summed E-state index contributed by atoms with van der Waals surface area (Å²) in [6.45, 7) is 1.80. The van der Waals surface area contributed by atoms with Crippen molar-refractivity contribution >= 4 is 22.8 Å². The van der Waals surface area contributed by atoms with Crippen LogP contribution in [0.2, 0.25) is 0 Å². The molecule has 162 valence electrons. The third-order valence-electron chi connectivity index (χ3n) is 5.13. The molecule has 0 spiro atoms. The SMILES string of the molecule is COc1ccc(-c2c(NC(=O)c3ccccc3F)oc3c(C)cccc3c2=O)cc1OC. The molecule has 4 rings (SSSR count). The van der Waals surface area contributed by atoms with Crippen LogP contribution in [0.15, 0.2) is 69.9 Å². The Bertz CT molecular complexity index is 1390. The second-order valence-electron chi connectivity index (χ2n) is 7.09. The molecular formula is C25H20FNO5. The van der Waals surface area contributed by atoms with Crippen molar-refractivity contribution in [2.75, 3.05) is 19.5 Å². The zero-order chi connectivity index (χ0) is 22.8. The van der Waals surface area contributed by atoms with Gasteiger partial charge in [0.05, 0.1) is 30.7 Å². The predicted molar refractivity (Wildman–Crippen MR) is 120 cm³/mol. The summed E-state index contributed by atoms with van der Waals surface area (Å²) in [6, 6.07) is 15.7. The Kier molecular flexibility index (Phi) is 5.64. The standard InChI is InChI=1S/C25H20FNO5/c1-14-7-6-9-17-22(28)21(15-11-12-19(30-2)20(13-15)31-3)25(32-23(14)17)27-24(29)16-8-4-5-10-18(16)26/h4-13H,1-3H3,(H,27,29). The maximum Gasteiger partial charge on any atom is 0.260 e. The molecule has 0 saturated heterocycles. The van der Waals surface area contributed by atoms with Crippen molar-refractivity contribution in [1.29, 1.82) is 0 Å². The molecule has 3 aromatic carbocycles. The first-order valence-corrected chi connectivity index (χ1v) is 9.79. The van der Waals surface area contributed by atoms with Gasteiger partial charge in [-0.05, 0) is 48.4 Å². The van der Waals surface area contributed by atoms with Gasteiger partial charge in [0.15, 0.2) is 11.5 Å². The number of rotatable bonds is 5. The molecular weight excluding hydrogens is 413 g/mol. The van der Waals surface area contributed by atoms with Gasteiger partial charge in [0.25, 0.3) is 5.91 Å². The minimum Gasteiger partial charge on any atom is -0.493 e. The van der Waals surface area contributed by atoms with Gasteiger partial charge in [0.1, 0.15) is 11.4 Å². The molecule has 32 heavy (non-hydrogen) atoms. The van der Waals surface area contributed by atoms with Gasteiger partial charge in [-0.3, -0.25) is 14.9 Å². The zero-order valence-corrected chi connectivity index (χ0v) is 17.7. The van der Waals surface area contributed by atoms with Gasteiger partial charge in [-0.25, -0.2) is 4.39 Å². The van der Waals surface area contributed by atoms with Crippen LogP contribution in [0.1, 0.15) is 15.9 Å². The molecule has 0 aliphatic carbocycles. The molecule has 0 fully saturated rings. The normalized spacial score (nSPS) is 10.8. The summed E-state index contributed by atoms with van der Waals surface area (Å²) in [5.74, 6) is -0.621. The largest absolute Gasteiger partial charge is 0.493 e. The number of halogens is 1. The number of methoxy groups -OCH3 is 2. The molecule has 7 heteroatoms. The number of benzene rings is 3. The second kappa shape index (κ2) is 8.55. The van der Waals surface area contributed by atoms with E-state index in [1.807, 2.05) is 0 Å². The number of nitrogens with one attached hydrogen (secondary N) is 1. The Labute approximate surface area is 183 Å². The molecule has 0 bridgehead atoms. The minimum atomic E-state index is -0.735. The number of para-hydroxylation sites is 1. The van der Waals surface area contributed by atoms with E-state index in [1.165, 1.54) is 32.4 Å². The molecule has 0 aliphatic heterocycles. The van der Waals surface area contributed by atoms with E-state index in [1.54, 1.807) is 49.4 Å². The number of ether oxygens (including phenoxy) is 2. The van der Waals surface area contributed by atoms with Gasteiger partial charge >= 0.3 is 0 Å². The van der Waals surface area contributed by atoms with Crippen molar-refractivity contribution in [3.63, 3.8) is 0 Å². The first-order chi connectivity index (χ1) is 15.4. The predicted octanol–water partition coefficient (Wildman–Crippen LogP) is 5.18. The van der Waals surface area contributed by atoms with Gasteiger partial charge in [-0.1, -0.05) is 30.3 Å². The van der Waals surface area contributed by atoms with E-state index in [4.69, 9.17) is 13.9 Å². The van der Waals surface area contributed by atoms with Gasteiger partial charge in [0.2, 0.25) is 11.3 Å². The second-order valence-corrected chi connectivity index (χ2v) is 7.09. The Balaban J connectivity index is 1.95. The number of hydrogen-bond donors (Lipinski definition) is 1. The Morgan fingerprint density at radius 2 is 1.72 bits per heavy atom. The van der Waals surface area contributed by atoms with Crippen molar-refractivity contribution in [3.05, 3.63) is 87.8 Å². The van der Waals surface area contributed by atoms with E-state index in [9.17, 15) is 14.0 Å². The molecule has 1 N–H and O–H groups in total. The van der Waals surface area contributed by atoms with Gasteiger partial charge in [-0.15, -0.1) is 0 Å². The number of aryl methyl sites for hydroxylation is 1. The molecule has 1 aromatic heterocycles. The highest BCUT2D eigenvalue weighted by molar-refractivity contribution is 6.06. The maximum atomic E-state index is 14.2. The first-order valence-electron chi connectivity index (χ1n) is 9.79. The number of anilines is 1. The summed E-state index contributed by atoms with van der Waals surface area (Å²) < 4.78 is 30.8. The number of fused-ring (bicyclic) bond motifs is 1. The highest BCUT2D eigenvalue weighted by Crippen LogP contribution is 2.36. The van der Waals surface area contributed by atoms with Crippen LogP contribution in [-0.4, -0.2) is 20.1 Å². The molecule has 6 nitrogen and oxygen atoms in total. The molecule has 1 amide bonds. The third kappa shape index (κ3) is 3.69. The fourth-order valence-electron chi connectivity index (χ4n) is 3.52. The minimum absolute atomic E-state index is 0.0859. The van der Waals surface area contributed by atoms with Crippen LogP contribution in [-0.2, 0) is 0 Å². The Morgan fingerprint density at radius 1 is 0.969 bits per heavy atom. The molecule has 0 aliphatic rings. The number of carbonyl (C=O) groups excluding carboxylic acids is 1. The first kappa shape index (κ1) is 21.1. The summed E-state index contributed by atoms with van der Waals surface area (Å²) in [4.78, 5) is 26.3. The number of hydrogen-bond acceptors (Lipinski definition) is 5. The van der Waals surface area contributed by atoms with Gasteiger partial charge < -0.3 is 13.9 Å². The molecule has 1 heterocycles. The summed E-state index contributed by atoms with van der Waals surface area (Å²) in [5, 5.41) is 2.93. The van der Waals surface area contributed by atoms with Crippen LogP contribution in [0, 0.1) is 12.7 Å². The lowest BCUT2D eigenvalue weighted by atomic mass is 10.0. The molecule has 0 atom stereocenters. The molecule has 0 unspecified atom stereocenters. The van der Waals surface area contributed by atoms with Crippen molar-refractivity contribution in [2.24, 2.45) is 0 Å². The smallest absolute Gasteiger partial charge is 0.260 e. The van der Waals surface area contributed by atoms with E-state index < -0.39 is 11.7 Å². The van der Waals surface area contributed by atoms with Gasteiger partial charge in [-0.2, -0.15) is 0 Å². The van der Waals surface area contributed by atoms with Crippen molar-refractivity contribution in [1.82, 2.24) is 0 Å². The van der Waals surface area contributed by atoms with Crippen molar-refractivity contribution in [3.8, 4) is 22.6 Å². The maximum absolute atomic E-state index is 14.2. The van der Waals surface area contributed by atoms with Crippen LogP contribution in [0.4, 0.5) is 10.3 Å². The van der Waals surface area contributed by atoms with E-state index in [0.717, 1.165) is 5.56 Å². The zero-order valence-electron chi connectivity index (χ0n) is 17.7. The Morgan fingerprint density at radius 3 is 2.44 bits per heavy atom. The van der Waals surface area contributed by atoms with Crippen molar-refractivity contribution < 1.29 is 23.1 Å². The van der Waals surface area contributed by atoms with E-state index in [0.29, 0.717) is 28.0 Å². The summed E-state index contributed by atoms with van der Waals surface area (Å²) >= 11 is 0. The average molecular weight is 433 g/mol. The van der Waals surface area contributed by atoms with Crippen molar-refractivity contribution in [2.45, 2.75) is 6.92 Å². The van der Waals surface area contributed by atoms with Crippen LogP contribution in [0.25, 0.3) is 22.1 Å². The molecule has 4 aromatic rings. The fourth-order valence-corrected chi connectivity index (χ4v) is 3.52. The number of carbonyl (C=O) groups is 1. The quantitative estimate of drug-likeness (QED) is 0.469. The third-order valence-corrected chi connectivity index (χ3v) is 5.13. The topological polar surface area (TPSA) is 77.8 Å². The monoisotopic (exact) mass is 433 g/mol. The fraction of sp³-hybridized carbons (Fsp3) is 0.120.